The minimum absolute atomic E-state index is 0.106. The van der Waals surface area contributed by atoms with Gasteiger partial charge >= 0.3 is 0 Å². The molecule has 0 spiro atoms. The van der Waals surface area contributed by atoms with Gasteiger partial charge in [0.15, 0.2) is 0 Å². The van der Waals surface area contributed by atoms with E-state index in [9.17, 15) is 13.2 Å². The molecule has 0 aromatic heterocycles. The molecule has 7 heteroatoms. The first-order valence-electron chi connectivity index (χ1n) is 7.53. The first-order chi connectivity index (χ1) is 9.50. The van der Waals surface area contributed by atoms with Crippen LogP contribution in [0.2, 0.25) is 0 Å². The van der Waals surface area contributed by atoms with E-state index in [1.807, 2.05) is 0 Å². The fraction of sp³-hybridized carbons (Fsp3) is 0.923. The maximum absolute atomic E-state index is 12.4. The molecule has 0 radical (unpaired) electrons. The smallest absolute Gasteiger partial charge is 0.235 e. The van der Waals surface area contributed by atoms with Gasteiger partial charge < -0.3 is 11.1 Å². The van der Waals surface area contributed by atoms with E-state index < -0.39 is 22.0 Å². The molecular weight excluding hydrogens is 278 g/mol. The van der Waals surface area contributed by atoms with Gasteiger partial charge in [0.25, 0.3) is 0 Å². The minimum atomic E-state index is -3.38. The number of sulfonamides is 1. The molecule has 2 aliphatic heterocycles. The number of amides is 1. The van der Waals surface area contributed by atoms with Crippen molar-refractivity contribution < 1.29 is 13.2 Å². The first-order valence-corrected chi connectivity index (χ1v) is 9.14. The third-order valence-electron chi connectivity index (χ3n) is 4.28. The molecule has 2 heterocycles. The van der Waals surface area contributed by atoms with E-state index in [1.54, 1.807) is 0 Å². The van der Waals surface area contributed by atoms with Crippen LogP contribution in [0.5, 0.6) is 0 Å². The summed E-state index contributed by atoms with van der Waals surface area (Å²) in [7, 11) is -3.38. The van der Waals surface area contributed by atoms with Gasteiger partial charge in [-0.2, -0.15) is 4.31 Å². The van der Waals surface area contributed by atoms with Crippen molar-refractivity contribution in [1.82, 2.24) is 9.62 Å². The van der Waals surface area contributed by atoms with Crippen molar-refractivity contribution in [3.8, 4) is 0 Å². The zero-order valence-electron chi connectivity index (χ0n) is 11.9. The molecule has 2 aliphatic rings. The number of rotatable bonds is 5. The Balaban J connectivity index is 1.95. The molecule has 2 atom stereocenters. The second-order valence-corrected chi connectivity index (χ2v) is 7.82. The summed E-state index contributed by atoms with van der Waals surface area (Å²) in [6.07, 6.45) is 6.20. The van der Waals surface area contributed by atoms with Crippen LogP contribution in [-0.2, 0) is 14.8 Å². The van der Waals surface area contributed by atoms with Crippen LogP contribution < -0.4 is 11.1 Å². The van der Waals surface area contributed by atoms with Crippen LogP contribution in [0, 0.1) is 0 Å². The van der Waals surface area contributed by atoms with Gasteiger partial charge in [-0.25, -0.2) is 8.42 Å². The van der Waals surface area contributed by atoms with Crippen LogP contribution >= 0.6 is 0 Å². The van der Waals surface area contributed by atoms with Crippen molar-refractivity contribution in [1.29, 1.82) is 0 Å². The monoisotopic (exact) mass is 303 g/mol. The van der Waals surface area contributed by atoms with Crippen LogP contribution in [-0.4, -0.2) is 49.6 Å². The zero-order valence-corrected chi connectivity index (χ0v) is 12.7. The summed E-state index contributed by atoms with van der Waals surface area (Å²) >= 11 is 0. The molecule has 2 saturated heterocycles. The highest BCUT2D eigenvalue weighted by atomic mass is 32.2. The Bertz CT molecular complexity index is 432. The SMILES string of the molecule is NC(=O)C1CCCCN1S(=O)(=O)CCC1CCCCN1. The Morgan fingerprint density at radius 3 is 2.60 bits per heavy atom. The van der Waals surface area contributed by atoms with E-state index in [2.05, 4.69) is 5.32 Å². The predicted octanol–water partition coefficient (Wildman–Crippen LogP) is 0.188. The van der Waals surface area contributed by atoms with E-state index in [4.69, 9.17) is 5.73 Å². The average molecular weight is 303 g/mol. The Kier molecular flexibility index (Phi) is 5.40. The third kappa shape index (κ3) is 3.93. The van der Waals surface area contributed by atoms with E-state index in [0.717, 1.165) is 32.2 Å². The van der Waals surface area contributed by atoms with Crippen molar-refractivity contribution in [2.45, 2.75) is 57.0 Å². The number of primary amides is 1. The fourth-order valence-corrected chi connectivity index (χ4v) is 4.92. The number of nitrogens with one attached hydrogen (secondary N) is 1. The highest BCUT2D eigenvalue weighted by molar-refractivity contribution is 7.89. The lowest BCUT2D eigenvalue weighted by molar-refractivity contribution is -0.122. The highest BCUT2D eigenvalue weighted by Gasteiger charge is 2.35. The predicted molar refractivity (Wildman–Crippen MR) is 77.6 cm³/mol. The quantitative estimate of drug-likeness (QED) is 0.758. The lowest BCUT2D eigenvalue weighted by Crippen LogP contribution is -2.51. The molecule has 0 saturated carbocycles. The van der Waals surface area contributed by atoms with Crippen molar-refractivity contribution in [2.24, 2.45) is 5.73 Å². The fourth-order valence-electron chi connectivity index (χ4n) is 3.10. The molecule has 2 fully saturated rings. The zero-order chi connectivity index (χ0) is 14.6. The Hall–Kier alpha value is -0.660. The van der Waals surface area contributed by atoms with Crippen LogP contribution in [0.1, 0.15) is 44.9 Å². The highest BCUT2D eigenvalue weighted by Crippen LogP contribution is 2.22. The lowest BCUT2D eigenvalue weighted by atomic mass is 10.0. The normalized spacial score (nSPS) is 29.2. The third-order valence-corrected chi connectivity index (χ3v) is 6.18. The molecule has 2 unspecified atom stereocenters. The average Bonchev–Trinajstić information content (AvgIpc) is 2.46. The van der Waals surface area contributed by atoms with Gasteiger partial charge in [0.1, 0.15) is 6.04 Å². The number of piperidine rings is 2. The number of carbonyl (C=O) groups excluding carboxylic acids is 1. The molecule has 6 nitrogen and oxygen atoms in total. The van der Waals surface area contributed by atoms with Crippen LogP contribution in [0.3, 0.4) is 0 Å². The molecule has 20 heavy (non-hydrogen) atoms. The molecule has 3 N–H and O–H groups in total. The topological polar surface area (TPSA) is 92.5 Å². The summed E-state index contributed by atoms with van der Waals surface area (Å²) < 4.78 is 26.2. The van der Waals surface area contributed by atoms with Gasteiger partial charge in [-0.15, -0.1) is 0 Å². The van der Waals surface area contributed by atoms with E-state index in [-0.39, 0.29) is 11.8 Å². The summed E-state index contributed by atoms with van der Waals surface area (Å²) in [4.78, 5) is 11.4. The van der Waals surface area contributed by atoms with Crippen molar-refractivity contribution in [3.05, 3.63) is 0 Å². The summed E-state index contributed by atoms with van der Waals surface area (Å²) in [5, 5.41) is 3.35. The molecule has 0 aliphatic carbocycles. The van der Waals surface area contributed by atoms with E-state index in [0.29, 0.717) is 19.4 Å². The van der Waals surface area contributed by atoms with Gasteiger partial charge in [0, 0.05) is 12.6 Å². The Morgan fingerprint density at radius 1 is 1.20 bits per heavy atom. The maximum atomic E-state index is 12.4. The maximum Gasteiger partial charge on any atom is 0.235 e. The van der Waals surface area contributed by atoms with Gasteiger partial charge in [-0.05, 0) is 38.6 Å². The molecule has 116 valence electrons. The standard InChI is InChI=1S/C13H25N3O3S/c14-13(17)12-6-2-4-9-16(12)20(18,19)10-7-11-5-1-3-8-15-11/h11-12,15H,1-10H2,(H2,14,17). The van der Waals surface area contributed by atoms with Gasteiger partial charge in [0.2, 0.25) is 15.9 Å². The summed E-state index contributed by atoms with van der Waals surface area (Å²) in [6, 6.07) is -0.358. The van der Waals surface area contributed by atoms with Crippen molar-refractivity contribution >= 4 is 15.9 Å². The number of nitrogens with zero attached hydrogens (tertiary/aromatic N) is 1. The van der Waals surface area contributed by atoms with E-state index >= 15 is 0 Å². The Morgan fingerprint density at radius 2 is 1.95 bits per heavy atom. The summed E-state index contributed by atoms with van der Waals surface area (Å²) in [5.74, 6) is -0.418. The molecule has 0 aromatic rings. The first kappa shape index (κ1) is 15.7. The molecule has 0 bridgehead atoms. The molecule has 0 aromatic carbocycles. The summed E-state index contributed by atoms with van der Waals surface area (Å²) in [6.45, 7) is 1.40. The van der Waals surface area contributed by atoms with Gasteiger partial charge in [-0.3, -0.25) is 4.79 Å². The minimum Gasteiger partial charge on any atom is -0.368 e. The number of nitrogens with two attached hydrogens (primary N) is 1. The Labute approximate surface area is 121 Å². The second-order valence-electron chi connectivity index (χ2n) is 5.78. The molecule has 1 amide bonds. The second kappa shape index (κ2) is 6.87. The molecule has 2 rings (SSSR count). The number of carbonyl (C=O) groups is 1. The van der Waals surface area contributed by atoms with Crippen LogP contribution in [0.4, 0.5) is 0 Å². The summed E-state index contributed by atoms with van der Waals surface area (Å²) in [5.41, 5.74) is 5.34. The number of hydrogen-bond acceptors (Lipinski definition) is 4. The van der Waals surface area contributed by atoms with E-state index in [1.165, 1.54) is 10.7 Å². The van der Waals surface area contributed by atoms with Gasteiger partial charge in [-0.1, -0.05) is 12.8 Å². The largest absolute Gasteiger partial charge is 0.368 e. The van der Waals surface area contributed by atoms with Crippen molar-refractivity contribution in [2.75, 3.05) is 18.8 Å². The van der Waals surface area contributed by atoms with Crippen LogP contribution in [0.15, 0.2) is 0 Å². The van der Waals surface area contributed by atoms with Crippen molar-refractivity contribution in [3.63, 3.8) is 0 Å². The van der Waals surface area contributed by atoms with Gasteiger partial charge in [0.05, 0.1) is 5.75 Å². The molecular formula is C13H25N3O3S. The van der Waals surface area contributed by atoms with Crippen LogP contribution in [0.25, 0.3) is 0 Å². The number of hydrogen-bond donors (Lipinski definition) is 2. The lowest BCUT2D eigenvalue weighted by Gasteiger charge is -2.33.